The smallest absolute Gasteiger partial charge is 0.231 e. The fraction of sp³-hybridized carbons (Fsp3) is 0.143. The molecule has 0 saturated heterocycles. The Morgan fingerprint density at radius 3 is 2.62 bits per heavy atom. The van der Waals surface area contributed by atoms with Gasteiger partial charge in [-0.05, 0) is 18.6 Å². The maximum absolute atomic E-state index is 11.9. The summed E-state index contributed by atoms with van der Waals surface area (Å²) in [6.45, 7) is 7.10. The summed E-state index contributed by atoms with van der Waals surface area (Å²) in [5.74, 6) is 0.0160. The molecule has 1 aromatic rings. The van der Waals surface area contributed by atoms with Crippen molar-refractivity contribution in [2.24, 2.45) is 0 Å². The molecule has 0 aliphatic carbocycles. The third kappa shape index (κ3) is 3.26. The minimum atomic E-state index is 0.0160. The Balaban J connectivity index is 2.87. The van der Waals surface area contributed by atoms with Crippen LogP contribution in [-0.4, -0.2) is 5.91 Å². The van der Waals surface area contributed by atoms with Crippen LogP contribution in [0.25, 0.3) is 0 Å². The summed E-state index contributed by atoms with van der Waals surface area (Å²) in [5.41, 5.74) is 3.45. The first-order valence-corrected chi connectivity index (χ1v) is 5.13. The molecule has 0 saturated carbocycles. The van der Waals surface area contributed by atoms with Crippen molar-refractivity contribution in [2.45, 2.75) is 12.8 Å². The molecule has 0 radical (unpaired) electrons. The van der Waals surface area contributed by atoms with Gasteiger partial charge in [-0.3, -0.25) is 9.69 Å². The van der Waals surface area contributed by atoms with Crippen LogP contribution in [0.4, 0.5) is 5.69 Å². The Kier molecular flexibility index (Phi) is 4.84. The van der Waals surface area contributed by atoms with E-state index in [4.69, 9.17) is 0 Å². The number of anilines is 1. The van der Waals surface area contributed by atoms with Crippen molar-refractivity contribution < 1.29 is 4.79 Å². The van der Waals surface area contributed by atoms with Gasteiger partial charge in [0.15, 0.2) is 0 Å². The average molecular weight is 213 g/mol. The van der Waals surface area contributed by atoms with Crippen molar-refractivity contribution in [1.29, 1.82) is 0 Å². The van der Waals surface area contributed by atoms with Gasteiger partial charge in [0, 0.05) is 12.1 Å². The number of allylic oxidation sites excluding steroid dienone is 1. The van der Waals surface area contributed by atoms with Gasteiger partial charge in [-0.1, -0.05) is 30.9 Å². The molecule has 0 unspecified atom stereocenters. The van der Waals surface area contributed by atoms with Crippen molar-refractivity contribution in [3.05, 3.63) is 61.5 Å². The zero-order chi connectivity index (χ0) is 11.8. The van der Waals surface area contributed by atoms with E-state index in [0.29, 0.717) is 12.8 Å². The maximum atomic E-state index is 11.9. The first-order chi connectivity index (χ1) is 7.79. The highest BCUT2D eigenvalue weighted by atomic mass is 16.2. The summed E-state index contributed by atoms with van der Waals surface area (Å²) in [6, 6.07) is 9.44. The van der Waals surface area contributed by atoms with Crippen molar-refractivity contribution in [3.8, 4) is 0 Å². The van der Waals surface area contributed by atoms with Crippen LogP contribution in [0.5, 0.6) is 0 Å². The average Bonchev–Trinajstić information content (AvgIpc) is 2.34. The molecule has 0 N–H and O–H groups in total. The molecular weight excluding hydrogens is 198 g/mol. The van der Waals surface area contributed by atoms with Crippen LogP contribution in [-0.2, 0) is 4.79 Å². The standard InChI is InChI=1S/C14H15NO/c1-3-5-11-14(16)15(12-4-2)13-9-7-6-8-10-13/h3,6-10,12H,1-2,5,11H2. The summed E-state index contributed by atoms with van der Waals surface area (Å²) in [4.78, 5) is 13.4. The Morgan fingerprint density at radius 1 is 1.38 bits per heavy atom. The summed E-state index contributed by atoms with van der Waals surface area (Å²) in [5, 5.41) is 0. The molecule has 0 fully saturated rings. The zero-order valence-corrected chi connectivity index (χ0v) is 9.23. The van der Waals surface area contributed by atoms with E-state index in [9.17, 15) is 4.79 Å². The highest BCUT2D eigenvalue weighted by molar-refractivity contribution is 5.95. The molecule has 16 heavy (non-hydrogen) atoms. The van der Waals surface area contributed by atoms with Crippen molar-refractivity contribution >= 4 is 11.6 Å². The molecule has 1 aromatic carbocycles. The van der Waals surface area contributed by atoms with Gasteiger partial charge in [0.1, 0.15) is 0 Å². The number of hydrogen-bond acceptors (Lipinski definition) is 1. The molecule has 0 aliphatic rings. The molecule has 1 amide bonds. The zero-order valence-electron chi connectivity index (χ0n) is 9.23. The van der Waals surface area contributed by atoms with Crippen molar-refractivity contribution in [1.82, 2.24) is 0 Å². The van der Waals surface area contributed by atoms with Crippen LogP contribution < -0.4 is 4.90 Å². The minimum absolute atomic E-state index is 0.0160. The van der Waals surface area contributed by atoms with E-state index in [0.717, 1.165) is 5.69 Å². The van der Waals surface area contributed by atoms with Crippen molar-refractivity contribution in [3.63, 3.8) is 0 Å². The van der Waals surface area contributed by atoms with Gasteiger partial charge in [-0.25, -0.2) is 0 Å². The maximum Gasteiger partial charge on any atom is 0.231 e. The second-order valence-corrected chi connectivity index (χ2v) is 3.26. The topological polar surface area (TPSA) is 20.3 Å². The monoisotopic (exact) mass is 213 g/mol. The predicted molar refractivity (Wildman–Crippen MR) is 67.1 cm³/mol. The fourth-order valence-corrected chi connectivity index (χ4v) is 1.32. The van der Waals surface area contributed by atoms with Gasteiger partial charge >= 0.3 is 0 Å². The Labute approximate surface area is 96.2 Å². The molecular formula is C14H15NO. The van der Waals surface area contributed by atoms with E-state index in [1.54, 1.807) is 17.2 Å². The molecule has 0 aliphatic heterocycles. The van der Waals surface area contributed by atoms with Crippen molar-refractivity contribution in [2.75, 3.05) is 4.90 Å². The van der Waals surface area contributed by atoms with E-state index in [1.165, 1.54) is 0 Å². The first kappa shape index (κ1) is 12.0. The lowest BCUT2D eigenvalue weighted by atomic mass is 10.2. The lowest BCUT2D eigenvalue weighted by molar-refractivity contribution is -0.117. The molecule has 0 atom stereocenters. The van der Waals surface area contributed by atoms with Gasteiger partial charge in [-0.15, -0.1) is 12.3 Å². The quantitative estimate of drug-likeness (QED) is 0.543. The lowest BCUT2D eigenvalue weighted by Crippen LogP contribution is -2.24. The largest absolute Gasteiger partial charge is 0.281 e. The van der Waals surface area contributed by atoms with E-state index < -0.39 is 0 Å². The van der Waals surface area contributed by atoms with E-state index in [2.05, 4.69) is 18.9 Å². The van der Waals surface area contributed by atoms with Gasteiger partial charge in [-0.2, -0.15) is 0 Å². The molecule has 2 heteroatoms. The molecule has 2 nitrogen and oxygen atoms in total. The molecule has 1 rings (SSSR count). The highest BCUT2D eigenvalue weighted by Crippen LogP contribution is 2.15. The second-order valence-electron chi connectivity index (χ2n) is 3.26. The highest BCUT2D eigenvalue weighted by Gasteiger charge is 2.11. The molecule has 0 spiro atoms. The minimum Gasteiger partial charge on any atom is -0.281 e. The van der Waals surface area contributed by atoms with Crippen LogP contribution in [0, 0.1) is 0 Å². The SMILES string of the molecule is C=C=CN(C(=O)CCC=C)c1ccccc1. The van der Waals surface area contributed by atoms with E-state index in [-0.39, 0.29) is 5.91 Å². The Hall–Kier alpha value is -2.05. The summed E-state index contributed by atoms with van der Waals surface area (Å²) in [6.07, 6.45) is 4.41. The number of carbonyl (C=O) groups is 1. The van der Waals surface area contributed by atoms with E-state index in [1.807, 2.05) is 30.3 Å². The number of nitrogens with zero attached hydrogens (tertiary/aromatic N) is 1. The number of benzene rings is 1. The summed E-state index contributed by atoms with van der Waals surface area (Å²) >= 11 is 0. The molecule has 0 bridgehead atoms. The molecule has 0 aromatic heterocycles. The first-order valence-electron chi connectivity index (χ1n) is 5.13. The Morgan fingerprint density at radius 2 is 2.06 bits per heavy atom. The van der Waals surface area contributed by atoms with Crippen LogP contribution in [0.1, 0.15) is 12.8 Å². The van der Waals surface area contributed by atoms with Gasteiger partial charge in [0.25, 0.3) is 0 Å². The fourth-order valence-electron chi connectivity index (χ4n) is 1.32. The third-order valence-electron chi connectivity index (χ3n) is 2.09. The van der Waals surface area contributed by atoms with Gasteiger partial charge < -0.3 is 0 Å². The van der Waals surface area contributed by atoms with E-state index >= 15 is 0 Å². The number of amides is 1. The number of hydrogen-bond donors (Lipinski definition) is 0. The van der Waals surface area contributed by atoms with Crippen LogP contribution in [0.3, 0.4) is 0 Å². The van der Waals surface area contributed by atoms with Crippen LogP contribution in [0.15, 0.2) is 61.5 Å². The van der Waals surface area contributed by atoms with Gasteiger partial charge in [0.2, 0.25) is 5.91 Å². The summed E-state index contributed by atoms with van der Waals surface area (Å²) < 4.78 is 0. The molecule has 0 heterocycles. The van der Waals surface area contributed by atoms with Gasteiger partial charge in [0.05, 0.1) is 6.20 Å². The van der Waals surface area contributed by atoms with Crippen LogP contribution in [0.2, 0.25) is 0 Å². The summed E-state index contributed by atoms with van der Waals surface area (Å²) in [7, 11) is 0. The van der Waals surface area contributed by atoms with Crippen LogP contribution >= 0.6 is 0 Å². The number of para-hydroxylation sites is 1. The number of rotatable bonds is 5. The second kappa shape index (κ2) is 6.44. The predicted octanol–water partition coefficient (Wildman–Crippen LogP) is 3.28. The normalized spacial score (nSPS) is 9.00. The molecule has 82 valence electrons. The third-order valence-corrected chi connectivity index (χ3v) is 2.09. The Bertz CT molecular complexity index is 402. The lowest BCUT2D eigenvalue weighted by Gasteiger charge is -2.17. The number of carbonyl (C=O) groups excluding carboxylic acids is 1.